The van der Waals surface area contributed by atoms with Crippen molar-refractivity contribution >= 4 is 10.8 Å². The van der Waals surface area contributed by atoms with Gasteiger partial charge in [0.2, 0.25) is 0 Å². The van der Waals surface area contributed by atoms with Crippen molar-refractivity contribution < 1.29 is 8.95 Å². The molecule has 0 spiro atoms. The van der Waals surface area contributed by atoms with E-state index in [0.717, 1.165) is 23.5 Å². The quantitative estimate of drug-likeness (QED) is 0.901. The third-order valence-electron chi connectivity index (χ3n) is 3.82. The summed E-state index contributed by atoms with van der Waals surface area (Å²) in [5.74, 6) is 2.17. The van der Waals surface area contributed by atoms with Gasteiger partial charge in [-0.2, -0.15) is 0 Å². The molecule has 0 amide bonds. The van der Waals surface area contributed by atoms with Crippen molar-refractivity contribution in [3.05, 3.63) is 29.8 Å². The molecule has 0 aliphatic carbocycles. The van der Waals surface area contributed by atoms with Crippen molar-refractivity contribution in [3.63, 3.8) is 0 Å². The summed E-state index contributed by atoms with van der Waals surface area (Å²) in [6, 6.07) is 8.14. The van der Waals surface area contributed by atoms with Gasteiger partial charge in [0.05, 0.1) is 11.3 Å². The zero-order valence-corrected chi connectivity index (χ0v) is 12.7. The number of rotatable bonds is 5. The van der Waals surface area contributed by atoms with Gasteiger partial charge in [0, 0.05) is 22.1 Å². The average Bonchev–Trinajstić information content (AvgIpc) is 2.45. The van der Waals surface area contributed by atoms with E-state index in [1.807, 2.05) is 25.2 Å². The molecule has 106 valence electrons. The summed E-state index contributed by atoms with van der Waals surface area (Å²) in [4.78, 5) is 0. The van der Waals surface area contributed by atoms with E-state index in [1.165, 1.54) is 0 Å². The van der Waals surface area contributed by atoms with Gasteiger partial charge in [0.25, 0.3) is 0 Å². The summed E-state index contributed by atoms with van der Waals surface area (Å²) in [6.45, 7) is 4.83. The van der Waals surface area contributed by atoms with Crippen LogP contribution in [0.1, 0.15) is 31.9 Å². The normalized spacial score (nSPS) is 25.2. The van der Waals surface area contributed by atoms with Gasteiger partial charge in [0.1, 0.15) is 12.4 Å². The Morgan fingerprint density at radius 2 is 2.21 bits per heavy atom. The van der Waals surface area contributed by atoms with Gasteiger partial charge in [-0.1, -0.05) is 38.5 Å². The number of fused-ring (bicyclic) bond motifs is 1. The van der Waals surface area contributed by atoms with Crippen LogP contribution in [-0.4, -0.2) is 28.9 Å². The van der Waals surface area contributed by atoms with Crippen LogP contribution in [0.5, 0.6) is 5.75 Å². The first-order valence-corrected chi connectivity index (χ1v) is 8.31. The van der Waals surface area contributed by atoms with E-state index < -0.39 is 10.8 Å². The predicted molar refractivity (Wildman–Crippen MR) is 80.0 cm³/mol. The summed E-state index contributed by atoms with van der Waals surface area (Å²) < 4.78 is 18.3. The van der Waals surface area contributed by atoms with E-state index in [0.29, 0.717) is 12.5 Å². The van der Waals surface area contributed by atoms with Crippen molar-refractivity contribution in [1.82, 2.24) is 5.32 Å². The fourth-order valence-electron chi connectivity index (χ4n) is 2.43. The Labute approximate surface area is 118 Å². The minimum Gasteiger partial charge on any atom is -0.492 e. The Morgan fingerprint density at radius 3 is 2.89 bits per heavy atom. The Morgan fingerprint density at radius 1 is 1.47 bits per heavy atom. The number of benzene rings is 1. The van der Waals surface area contributed by atoms with Crippen molar-refractivity contribution in [2.75, 3.05) is 19.4 Å². The molecule has 4 atom stereocenters. The van der Waals surface area contributed by atoms with Crippen LogP contribution in [0.2, 0.25) is 0 Å². The van der Waals surface area contributed by atoms with E-state index in [2.05, 4.69) is 25.2 Å². The van der Waals surface area contributed by atoms with E-state index in [1.54, 1.807) is 0 Å². The van der Waals surface area contributed by atoms with Gasteiger partial charge < -0.3 is 10.1 Å². The van der Waals surface area contributed by atoms with E-state index in [4.69, 9.17) is 4.74 Å². The lowest BCUT2D eigenvalue weighted by molar-refractivity contribution is 0.262. The molecule has 1 aromatic carbocycles. The molecule has 3 nitrogen and oxygen atoms in total. The Bertz CT molecular complexity index is 450. The smallest absolute Gasteiger partial charge is 0.124 e. The topological polar surface area (TPSA) is 38.3 Å². The fraction of sp³-hybridized carbons (Fsp3) is 0.600. The minimum absolute atomic E-state index is 0.0360. The van der Waals surface area contributed by atoms with Gasteiger partial charge >= 0.3 is 0 Å². The van der Waals surface area contributed by atoms with Gasteiger partial charge in [-0.25, -0.2) is 0 Å². The molecule has 1 aliphatic rings. The maximum atomic E-state index is 12.5. The first-order valence-electron chi connectivity index (χ1n) is 6.93. The van der Waals surface area contributed by atoms with Crippen LogP contribution < -0.4 is 10.1 Å². The number of ether oxygens (including phenoxy) is 1. The zero-order chi connectivity index (χ0) is 13.8. The number of hydrogen-bond donors (Lipinski definition) is 1. The molecule has 0 saturated heterocycles. The third kappa shape index (κ3) is 3.18. The van der Waals surface area contributed by atoms with Gasteiger partial charge in [-0.3, -0.25) is 4.21 Å². The summed E-state index contributed by atoms with van der Waals surface area (Å²) in [7, 11) is 1.07. The van der Waals surface area contributed by atoms with E-state index in [9.17, 15) is 4.21 Å². The third-order valence-corrected chi connectivity index (χ3v) is 5.80. The molecular formula is C15H23NO2S. The summed E-state index contributed by atoms with van der Waals surface area (Å²) >= 11 is 0. The molecule has 1 heterocycles. The van der Waals surface area contributed by atoms with E-state index in [-0.39, 0.29) is 11.3 Å². The van der Waals surface area contributed by atoms with Crippen LogP contribution >= 0.6 is 0 Å². The van der Waals surface area contributed by atoms with E-state index >= 15 is 0 Å². The summed E-state index contributed by atoms with van der Waals surface area (Å²) in [5.41, 5.74) is 1.12. The molecule has 4 heteroatoms. The van der Waals surface area contributed by atoms with Crippen molar-refractivity contribution in [1.29, 1.82) is 0 Å². The molecule has 4 unspecified atom stereocenters. The molecule has 19 heavy (non-hydrogen) atoms. The highest BCUT2D eigenvalue weighted by molar-refractivity contribution is 7.85. The second kappa shape index (κ2) is 6.53. The SMILES string of the molecule is CCC(C)CS(=O)C1COc2ccccc2C1NC. The second-order valence-electron chi connectivity index (χ2n) is 5.21. The lowest BCUT2D eigenvalue weighted by Gasteiger charge is -2.33. The molecule has 1 N–H and O–H groups in total. The van der Waals surface area contributed by atoms with Gasteiger partial charge in [0.15, 0.2) is 0 Å². The lowest BCUT2D eigenvalue weighted by atomic mass is 10.0. The fourth-order valence-corrected chi connectivity index (χ4v) is 4.28. The molecule has 0 saturated carbocycles. The molecule has 0 fully saturated rings. The van der Waals surface area contributed by atoms with Crippen LogP contribution in [0.3, 0.4) is 0 Å². The standard InChI is InChI=1S/C15H23NO2S/c1-4-11(2)10-19(17)14-9-18-13-8-6-5-7-12(13)15(14)16-3/h5-8,11,14-16H,4,9-10H2,1-3H3. The number of nitrogens with one attached hydrogen (secondary N) is 1. The van der Waals surface area contributed by atoms with Crippen LogP contribution in [-0.2, 0) is 10.8 Å². The lowest BCUT2D eigenvalue weighted by Crippen LogP contribution is -2.41. The van der Waals surface area contributed by atoms with Crippen LogP contribution in [0.15, 0.2) is 24.3 Å². The minimum atomic E-state index is -0.861. The Kier molecular flexibility index (Phi) is 4.99. The molecule has 0 bridgehead atoms. The number of hydrogen-bond acceptors (Lipinski definition) is 3. The van der Waals surface area contributed by atoms with Crippen molar-refractivity contribution in [2.45, 2.75) is 31.6 Å². The molecule has 1 aliphatic heterocycles. The highest BCUT2D eigenvalue weighted by atomic mass is 32.2. The Balaban J connectivity index is 2.17. The van der Waals surface area contributed by atoms with Crippen LogP contribution in [0.25, 0.3) is 0 Å². The predicted octanol–water partition coefficient (Wildman–Crippen LogP) is 2.50. The molecule has 0 radical (unpaired) electrons. The maximum Gasteiger partial charge on any atom is 0.124 e. The first-order chi connectivity index (χ1) is 9.17. The average molecular weight is 281 g/mol. The maximum absolute atomic E-state index is 12.5. The highest BCUT2D eigenvalue weighted by Gasteiger charge is 2.34. The van der Waals surface area contributed by atoms with Gasteiger partial charge in [-0.05, 0) is 19.0 Å². The first kappa shape index (κ1) is 14.5. The van der Waals surface area contributed by atoms with Crippen LogP contribution in [0, 0.1) is 5.92 Å². The Hall–Kier alpha value is -0.870. The van der Waals surface area contributed by atoms with Crippen molar-refractivity contribution in [2.24, 2.45) is 5.92 Å². The van der Waals surface area contributed by atoms with Crippen LogP contribution in [0.4, 0.5) is 0 Å². The monoisotopic (exact) mass is 281 g/mol. The molecule has 2 rings (SSSR count). The zero-order valence-electron chi connectivity index (χ0n) is 11.9. The molecule has 1 aromatic rings. The highest BCUT2D eigenvalue weighted by Crippen LogP contribution is 2.34. The number of para-hydroxylation sites is 1. The summed E-state index contributed by atoms with van der Waals surface area (Å²) in [5, 5.41) is 3.35. The summed E-state index contributed by atoms with van der Waals surface area (Å²) in [6.07, 6.45) is 1.07. The second-order valence-corrected chi connectivity index (χ2v) is 6.91. The van der Waals surface area contributed by atoms with Gasteiger partial charge in [-0.15, -0.1) is 0 Å². The molecule has 0 aromatic heterocycles. The largest absolute Gasteiger partial charge is 0.492 e. The van der Waals surface area contributed by atoms with Crippen molar-refractivity contribution in [3.8, 4) is 5.75 Å². The molecular weight excluding hydrogens is 258 g/mol.